The molecule has 17 heavy (non-hydrogen) atoms. The van der Waals surface area contributed by atoms with Crippen molar-refractivity contribution in [3.05, 3.63) is 58.0 Å². The van der Waals surface area contributed by atoms with Crippen LogP contribution in [0.3, 0.4) is 0 Å². The largest absolute Gasteiger partial charge is 0.453 e. The minimum Gasteiger partial charge on any atom is -0.453 e. The Morgan fingerprint density at radius 3 is 2.35 bits per heavy atom. The van der Waals surface area contributed by atoms with Crippen molar-refractivity contribution >= 4 is 11.6 Å². The van der Waals surface area contributed by atoms with E-state index in [-0.39, 0.29) is 6.04 Å². The Kier molecular flexibility index (Phi) is 3.52. The summed E-state index contributed by atoms with van der Waals surface area (Å²) in [5, 5.41) is 0.368. The van der Waals surface area contributed by atoms with Crippen molar-refractivity contribution in [2.75, 3.05) is 0 Å². The van der Waals surface area contributed by atoms with Crippen LogP contribution < -0.4 is 11.3 Å². The molecule has 1 unspecified atom stereocenters. The average Bonchev–Trinajstić information content (AvgIpc) is 2.65. The molecule has 0 fully saturated rings. The number of nitrogens with two attached hydrogens (primary N) is 1. The molecular formula is C13H15ClN2O. The molecule has 3 N–H and O–H groups in total. The second-order valence-electron chi connectivity index (χ2n) is 4.17. The minimum absolute atomic E-state index is 0.153. The zero-order chi connectivity index (χ0) is 12.4. The molecule has 0 spiro atoms. The maximum atomic E-state index is 5.98. The predicted octanol–water partition coefficient (Wildman–Crippen LogP) is 3.10. The summed E-state index contributed by atoms with van der Waals surface area (Å²) in [6, 6.07) is 7.96. The van der Waals surface area contributed by atoms with Crippen LogP contribution in [-0.2, 0) is 0 Å². The van der Waals surface area contributed by atoms with Gasteiger partial charge < -0.3 is 4.42 Å². The molecule has 1 atom stereocenters. The fraction of sp³-hybridized carbons (Fsp3) is 0.231. The maximum absolute atomic E-state index is 5.98. The highest BCUT2D eigenvalue weighted by atomic mass is 35.5. The van der Waals surface area contributed by atoms with E-state index in [1.165, 1.54) is 11.1 Å². The second-order valence-corrected chi connectivity index (χ2v) is 4.51. The number of aryl methyl sites for hydroxylation is 2. The van der Waals surface area contributed by atoms with Crippen LogP contribution >= 0.6 is 11.6 Å². The van der Waals surface area contributed by atoms with Crippen molar-refractivity contribution < 1.29 is 4.42 Å². The molecule has 4 heteroatoms. The fourth-order valence-corrected chi connectivity index (χ4v) is 2.28. The van der Waals surface area contributed by atoms with Gasteiger partial charge in [0.05, 0.1) is 12.3 Å². The lowest BCUT2D eigenvalue weighted by Gasteiger charge is -2.16. The lowest BCUT2D eigenvalue weighted by molar-refractivity contribution is 0.555. The number of rotatable bonds is 3. The summed E-state index contributed by atoms with van der Waals surface area (Å²) in [6.45, 7) is 4.11. The summed E-state index contributed by atoms with van der Waals surface area (Å²) in [5.41, 5.74) is 7.08. The van der Waals surface area contributed by atoms with Crippen LogP contribution in [0.25, 0.3) is 0 Å². The van der Waals surface area contributed by atoms with Gasteiger partial charge in [0.15, 0.2) is 5.22 Å². The van der Waals surface area contributed by atoms with E-state index in [1.807, 2.05) is 6.07 Å². The standard InChI is InChI=1S/C13H15ClN2O/c1-8-5-9(2)7-10(6-8)12(16-15)11-3-4-17-13(11)14/h3-7,12,16H,15H2,1-2H3. The third-order valence-electron chi connectivity index (χ3n) is 2.70. The molecule has 1 aromatic heterocycles. The van der Waals surface area contributed by atoms with Crippen molar-refractivity contribution in [3.63, 3.8) is 0 Å². The van der Waals surface area contributed by atoms with E-state index in [4.69, 9.17) is 21.9 Å². The number of halogens is 1. The molecule has 0 amide bonds. The molecule has 0 saturated heterocycles. The zero-order valence-corrected chi connectivity index (χ0v) is 10.6. The topological polar surface area (TPSA) is 51.2 Å². The van der Waals surface area contributed by atoms with E-state index >= 15 is 0 Å². The van der Waals surface area contributed by atoms with E-state index < -0.39 is 0 Å². The molecule has 2 rings (SSSR count). The van der Waals surface area contributed by atoms with Crippen LogP contribution in [0.2, 0.25) is 5.22 Å². The van der Waals surface area contributed by atoms with Gasteiger partial charge in [0.2, 0.25) is 0 Å². The zero-order valence-electron chi connectivity index (χ0n) is 9.83. The second kappa shape index (κ2) is 4.92. The highest BCUT2D eigenvalue weighted by molar-refractivity contribution is 6.29. The molecule has 0 aliphatic carbocycles. The number of hydrogen-bond donors (Lipinski definition) is 2. The maximum Gasteiger partial charge on any atom is 0.198 e. The monoisotopic (exact) mass is 250 g/mol. The molecule has 0 bridgehead atoms. The summed E-state index contributed by atoms with van der Waals surface area (Å²) >= 11 is 5.98. The Labute approximate surface area is 106 Å². The van der Waals surface area contributed by atoms with Gasteiger partial charge in [-0.2, -0.15) is 0 Å². The van der Waals surface area contributed by atoms with Crippen molar-refractivity contribution in [1.29, 1.82) is 0 Å². The first-order valence-corrected chi connectivity index (χ1v) is 5.77. The summed E-state index contributed by atoms with van der Waals surface area (Å²) in [4.78, 5) is 0. The molecule has 1 heterocycles. The van der Waals surface area contributed by atoms with E-state index in [1.54, 1.807) is 6.26 Å². The summed E-state index contributed by atoms with van der Waals surface area (Å²) in [5.74, 6) is 5.61. The Balaban J connectivity index is 2.45. The number of nitrogens with one attached hydrogen (secondary N) is 1. The van der Waals surface area contributed by atoms with Crippen LogP contribution in [0, 0.1) is 13.8 Å². The van der Waals surface area contributed by atoms with Gasteiger partial charge in [0.1, 0.15) is 0 Å². The Morgan fingerprint density at radius 2 is 1.88 bits per heavy atom. The number of benzene rings is 1. The normalized spacial score (nSPS) is 12.7. The summed E-state index contributed by atoms with van der Waals surface area (Å²) < 4.78 is 5.10. The molecule has 1 aromatic carbocycles. The Bertz CT molecular complexity index is 502. The van der Waals surface area contributed by atoms with Gasteiger partial charge in [-0.1, -0.05) is 29.3 Å². The molecule has 0 aliphatic heterocycles. The summed E-state index contributed by atoms with van der Waals surface area (Å²) in [6.07, 6.45) is 1.56. The molecule has 2 aromatic rings. The van der Waals surface area contributed by atoms with Gasteiger partial charge in [-0.25, -0.2) is 5.43 Å². The highest BCUT2D eigenvalue weighted by Crippen LogP contribution is 2.29. The Hall–Kier alpha value is -1.29. The van der Waals surface area contributed by atoms with Crippen LogP contribution in [0.1, 0.15) is 28.3 Å². The van der Waals surface area contributed by atoms with E-state index in [0.29, 0.717) is 5.22 Å². The van der Waals surface area contributed by atoms with Crippen LogP contribution in [0.5, 0.6) is 0 Å². The van der Waals surface area contributed by atoms with Crippen molar-refractivity contribution in [3.8, 4) is 0 Å². The van der Waals surface area contributed by atoms with Crippen molar-refractivity contribution in [2.45, 2.75) is 19.9 Å². The van der Waals surface area contributed by atoms with Crippen LogP contribution in [-0.4, -0.2) is 0 Å². The lowest BCUT2D eigenvalue weighted by Crippen LogP contribution is -2.28. The minimum atomic E-state index is -0.153. The molecular weight excluding hydrogens is 236 g/mol. The van der Waals surface area contributed by atoms with E-state index in [9.17, 15) is 0 Å². The average molecular weight is 251 g/mol. The van der Waals surface area contributed by atoms with Crippen molar-refractivity contribution in [2.24, 2.45) is 5.84 Å². The first-order valence-electron chi connectivity index (χ1n) is 5.39. The lowest BCUT2D eigenvalue weighted by atomic mass is 9.98. The van der Waals surface area contributed by atoms with Crippen LogP contribution in [0.4, 0.5) is 0 Å². The first kappa shape index (κ1) is 12.2. The molecule has 3 nitrogen and oxygen atoms in total. The van der Waals surface area contributed by atoms with Gasteiger partial charge >= 0.3 is 0 Å². The molecule has 0 saturated carbocycles. The predicted molar refractivity (Wildman–Crippen MR) is 68.8 cm³/mol. The Morgan fingerprint density at radius 1 is 1.24 bits per heavy atom. The first-order chi connectivity index (χ1) is 8.11. The van der Waals surface area contributed by atoms with E-state index in [0.717, 1.165) is 11.1 Å². The number of hydrazine groups is 1. The van der Waals surface area contributed by atoms with Gasteiger partial charge in [-0.15, -0.1) is 0 Å². The van der Waals surface area contributed by atoms with Gasteiger partial charge in [-0.05, 0) is 37.1 Å². The number of hydrogen-bond acceptors (Lipinski definition) is 3. The van der Waals surface area contributed by atoms with E-state index in [2.05, 4.69) is 37.5 Å². The molecule has 0 aliphatic rings. The molecule has 90 valence electrons. The molecule has 0 radical (unpaired) electrons. The fourth-order valence-electron chi connectivity index (χ4n) is 2.05. The van der Waals surface area contributed by atoms with Gasteiger partial charge in [0.25, 0.3) is 0 Å². The summed E-state index contributed by atoms with van der Waals surface area (Å²) in [7, 11) is 0. The van der Waals surface area contributed by atoms with Crippen molar-refractivity contribution in [1.82, 2.24) is 5.43 Å². The third-order valence-corrected chi connectivity index (χ3v) is 3.01. The quantitative estimate of drug-likeness (QED) is 0.650. The smallest absolute Gasteiger partial charge is 0.198 e. The van der Waals surface area contributed by atoms with Crippen LogP contribution in [0.15, 0.2) is 34.9 Å². The van der Waals surface area contributed by atoms with Gasteiger partial charge in [-0.3, -0.25) is 5.84 Å². The number of furan rings is 1. The van der Waals surface area contributed by atoms with Gasteiger partial charge in [0, 0.05) is 5.56 Å². The SMILES string of the molecule is Cc1cc(C)cc(C(NN)c2ccoc2Cl)c1. The highest BCUT2D eigenvalue weighted by Gasteiger charge is 2.18. The third kappa shape index (κ3) is 2.52.